The molecule has 1 aliphatic carbocycles. The summed E-state index contributed by atoms with van der Waals surface area (Å²) in [4.78, 5) is 17.2. The molecule has 0 bridgehead atoms. The van der Waals surface area contributed by atoms with Gasteiger partial charge in [-0.25, -0.2) is 0 Å². The van der Waals surface area contributed by atoms with Crippen LogP contribution in [0.3, 0.4) is 0 Å². The quantitative estimate of drug-likeness (QED) is 0.765. The van der Waals surface area contributed by atoms with E-state index in [1.807, 2.05) is 0 Å². The van der Waals surface area contributed by atoms with Crippen molar-refractivity contribution in [3.8, 4) is 0 Å². The fourth-order valence-electron chi connectivity index (χ4n) is 3.58. The van der Waals surface area contributed by atoms with Gasteiger partial charge >= 0.3 is 0 Å². The normalized spacial score (nSPS) is 27.2. The van der Waals surface area contributed by atoms with Crippen molar-refractivity contribution >= 4 is 17.2 Å². The van der Waals surface area contributed by atoms with Crippen molar-refractivity contribution in [2.45, 2.75) is 46.0 Å². The van der Waals surface area contributed by atoms with Gasteiger partial charge in [0.1, 0.15) is 0 Å². The van der Waals surface area contributed by atoms with Gasteiger partial charge < -0.3 is 4.90 Å². The van der Waals surface area contributed by atoms with Crippen molar-refractivity contribution in [2.24, 2.45) is 11.8 Å². The van der Waals surface area contributed by atoms with Crippen molar-refractivity contribution in [3.63, 3.8) is 0 Å². The molecule has 1 saturated heterocycles. The second-order valence-corrected chi connectivity index (χ2v) is 7.56. The van der Waals surface area contributed by atoms with Crippen molar-refractivity contribution in [2.75, 3.05) is 13.1 Å². The van der Waals surface area contributed by atoms with Crippen molar-refractivity contribution < 1.29 is 4.79 Å². The van der Waals surface area contributed by atoms with E-state index in [9.17, 15) is 4.79 Å². The van der Waals surface area contributed by atoms with Crippen LogP contribution >= 0.6 is 11.3 Å². The lowest BCUT2D eigenvalue weighted by molar-refractivity contribution is 0.0628. The molecule has 2 nitrogen and oxygen atoms in total. The maximum Gasteiger partial charge on any atom is 0.263 e. The van der Waals surface area contributed by atoms with Crippen LogP contribution < -0.4 is 0 Å². The highest BCUT2D eigenvalue weighted by Gasteiger charge is 2.27. The number of carbonyl (C=O) groups excluding carboxylic acids is 1. The van der Waals surface area contributed by atoms with Crippen LogP contribution in [0, 0.1) is 11.8 Å². The van der Waals surface area contributed by atoms with Crippen molar-refractivity contribution in [1.29, 1.82) is 0 Å². The average Bonchev–Trinajstić information content (AvgIpc) is 2.80. The maximum absolute atomic E-state index is 12.6. The first kappa shape index (κ1) is 13.2. The molecule has 3 rings (SSSR count). The molecule has 1 amide bonds. The summed E-state index contributed by atoms with van der Waals surface area (Å²) < 4.78 is 0. The van der Waals surface area contributed by atoms with Crippen LogP contribution in [0.15, 0.2) is 6.07 Å². The summed E-state index contributed by atoms with van der Waals surface area (Å²) in [6.07, 6.45) is 6.19. The van der Waals surface area contributed by atoms with E-state index in [1.54, 1.807) is 11.3 Å². The lowest BCUT2D eigenvalue weighted by Crippen LogP contribution is -2.42. The van der Waals surface area contributed by atoms with Gasteiger partial charge in [0.2, 0.25) is 0 Å². The van der Waals surface area contributed by atoms with Gasteiger partial charge in [0.25, 0.3) is 5.91 Å². The smallest absolute Gasteiger partial charge is 0.263 e. The fourth-order valence-corrected chi connectivity index (χ4v) is 4.80. The third kappa shape index (κ3) is 2.71. The molecule has 1 aromatic rings. The van der Waals surface area contributed by atoms with E-state index in [0.29, 0.717) is 11.8 Å². The number of thiophene rings is 1. The highest BCUT2D eigenvalue weighted by Crippen LogP contribution is 2.31. The Hall–Kier alpha value is -0.830. The maximum atomic E-state index is 12.6. The second-order valence-electron chi connectivity index (χ2n) is 6.42. The predicted molar refractivity (Wildman–Crippen MR) is 79.8 cm³/mol. The Kier molecular flexibility index (Phi) is 3.66. The zero-order chi connectivity index (χ0) is 13.4. The molecule has 2 atom stereocenters. The monoisotopic (exact) mass is 277 g/mol. The summed E-state index contributed by atoms with van der Waals surface area (Å²) in [7, 11) is 0. The van der Waals surface area contributed by atoms with Gasteiger partial charge in [-0.1, -0.05) is 13.8 Å². The number of piperidine rings is 1. The predicted octanol–water partition coefficient (Wildman–Crippen LogP) is 3.75. The molecule has 0 spiro atoms. The first-order valence-electron chi connectivity index (χ1n) is 7.54. The number of amides is 1. The average molecular weight is 277 g/mol. The number of nitrogens with zero attached hydrogens (tertiary/aromatic N) is 1. The summed E-state index contributed by atoms with van der Waals surface area (Å²) in [5.41, 5.74) is 1.44. The van der Waals surface area contributed by atoms with Crippen LogP contribution in [0.4, 0.5) is 0 Å². The van der Waals surface area contributed by atoms with E-state index < -0.39 is 0 Å². The largest absolute Gasteiger partial charge is 0.337 e. The summed E-state index contributed by atoms with van der Waals surface area (Å²) >= 11 is 1.75. The van der Waals surface area contributed by atoms with Crippen LogP contribution in [-0.2, 0) is 12.8 Å². The minimum Gasteiger partial charge on any atom is -0.337 e. The van der Waals surface area contributed by atoms with Crippen LogP contribution in [0.2, 0.25) is 0 Å². The molecule has 104 valence electrons. The zero-order valence-electron chi connectivity index (χ0n) is 11.9. The highest BCUT2D eigenvalue weighted by molar-refractivity contribution is 7.14. The molecule has 0 N–H and O–H groups in total. The first-order valence-corrected chi connectivity index (χ1v) is 8.36. The van der Waals surface area contributed by atoms with E-state index >= 15 is 0 Å². The Morgan fingerprint density at radius 1 is 1.21 bits per heavy atom. The van der Waals surface area contributed by atoms with Crippen molar-refractivity contribution in [3.05, 3.63) is 21.4 Å². The number of aryl methyl sites for hydroxylation is 2. The molecular weight excluding hydrogens is 254 g/mol. The number of rotatable bonds is 1. The molecule has 0 unspecified atom stereocenters. The van der Waals surface area contributed by atoms with Gasteiger partial charge in [0.05, 0.1) is 4.88 Å². The molecule has 0 aromatic carbocycles. The Labute approximate surface area is 119 Å². The topological polar surface area (TPSA) is 20.3 Å². The van der Waals surface area contributed by atoms with E-state index in [0.717, 1.165) is 18.0 Å². The fraction of sp³-hybridized carbons (Fsp3) is 0.688. The number of hydrogen-bond donors (Lipinski definition) is 0. The molecule has 3 heteroatoms. The van der Waals surface area contributed by atoms with E-state index in [1.165, 1.54) is 42.5 Å². The van der Waals surface area contributed by atoms with E-state index in [-0.39, 0.29) is 5.91 Å². The summed E-state index contributed by atoms with van der Waals surface area (Å²) in [6.45, 7) is 6.39. The molecule has 2 heterocycles. The van der Waals surface area contributed by atoms with E-state index in [4.69, 9.17) is 0 Å². The second kappa shape index (κ2) is 5.28. The van der Waals surface area contributed by atoms with Gasteiger partial charge in [0.15, 0.2) is 0 Å². The minimum absolute atomic E-state index is 0.276. The van der Waals surface area contributed by atoms with E-state index in [2.05, 4.69) is 24.8 Å². The van der Waals surface area contributed by atoms with Gasteiger partial charge in [0, 0.05) is 18.0 Å². The summed E-state index contributed by atoms with van der Waals surface area (Å²) in [5.74, 6) is 1.56. The van der Waals surface area contributed by atoms with Crippen LogP contribution in [-0.4, -0.2) is 23.9 Å². The van der Waals surface area contributed by atoms with Gasteiger partial charge in [-0.3, -0.25) is 4.79 Å². The minimum atomic E-state index is 0.276. The molecule has 19 heavy (non-hydrogen) atoms. The lowest BCUT2D eigenvalue weighted by atomic mass is 9.92. The Balaban J connectivity index is 1.77. The Bertz CT molecular complexity index is 446. The number of carbonyl (C=O) groups is 1. The van der Waals surface area contributed by atoms with Crippen LogP contribution in [0.25, 0.3) is 0 Å². The van der Waals surface area contributed by atoms with Gasteiger partial charge in [-0.2, -0.15) is 0 Å². The van der Waals surface area contributed by atoms with Gasteiger partial charge in [-0.15, -0.1) is 11.3 Å². The molecule has 0 saturated carbocycles. The Morgan fingerprint density at radius 3 is 2.58 bits per heavy atom. The summed E-state index contributed by atoms with van der Waals surface area (Å²) in [5, 5.41) is 0. The standard InChI is InChI=1S/C16H23NOS/c1-11-7-12(2)10-17(9-11)16(18)15-8-13-5-3-4-6-14(13)19-15/h8,11-12H,3-7,9-10H2,1-2H3/t11-,12+. The van der Waals surface area contributed by atoms with Crippen LogP contribution in [0.1, 0.15) is 53.2 Å². The number of fused-ring (bicyclic) bond motifs is 1. The summed E-state index contributed by atoms with van der Waals surface area (Å²) in [6, 6.07) is 2.17. The third-order valence-electron chi connectivity index (χ3n) is 4.36. The lowest BCUT2D eigenvalue weighted by Gasteiger charge is -2.34. The Morgan fingerprint density at radius 2 is 1.89 bits per heavy atom. The number of hydrogen-bond acceptors (Lipinski definition) is 2. The molecule has 0 radical (unpaired) electrons. The molecule has 2 aliphatic rings. The number of likely N-dealkylation sites (tertiary alicyclic amines) is 1. The molecular formula is C16H23NOS. The zero-order valence-corrected chi connectivity index (χ0v) is 12.8. The van der Waals surface area contributed by atoms with Gasteiger partial charge in [-0.05, 0) is 55.6 Å². The first-order chi connectivity index (χ1) is 9.13. The third-order valence-corrected chi connectivity index (χ3v) is 5.59. The van der Waals surface area contributed by atoms with Crippen LogP contribution in [0.5, 0.6) is 0 Å². The van der Waals surface area contributed by atoms with Crippen molar-refractivity contribution in [1.82, 2.24) is 4.90 Å². The SMILES string of the molecule is C[C@@H]1C[C@H](C)CN(C(=O)c2cc3c(s2)CCCC3)C1. The molecule has 1 aliphatic heterocycles. The molecule has 1 aromatic heterocycles. The highest BCUT2D eigenvalue weighted by atomic mass is 32.1. The molecule has 1 fully saturated rings.